The molecular weight excluding hydrogens is 282 g/mol. The summed E-state index contributed by atoms with van der Waals surface area (Å²) in [5.74, 6) is 0.0455. The highest BCUT2D eigenvalue weighted by Gasteiger charge is 2.49. The number of hydrogen-bond donors (Lipinski definition) is 0. The van der Waals surface area contributed by atoms with Crippen LogP contribution in [0.15, 0.2) is 0 Å². The van der Waals surface area contributed by atoms with Crippen LogP contribution in [0.1, 0.15) is 39.5 Å². The average molecular weight is 309 g/mol. The number of nitrogens with zero attached hydrogens (tertiary/aromatic N) is 3. The van der Waals surface area contributed by atoms with Crippen molar-refractivity contribution in [3.05, 3.63) is 0 Å². The molecule has 0 aromatic carbocycles. The van der Waals surface area contributed by atoms with E-state index in [2.05, 4.69) is 4.90 Å². The number of imide groups is 1. The number of ether oxygens (including phenoxy) is 1. The van der Waals surface area contributed by atoms with Gasteiger partial charge in [-0.15, -0.1) is 0 Å². The van der Waals surface area contributed by atoms with Gasteiger partial charge >= 0.3 is 6.03 Å². The van der Waals surface area contributed by atoms with Crippen LogP contribution in [0.3, 0.4) is 0 Å². The molecule has 1 atom stereocenters. The first-order valence-corrected chi connectivity index (χ1v) is 8.55. The maximum Gasteiger partial charge on any atom is 0.327 e. The molecule has 0 radical (unpaired) electrons. The molecule has 3 rings (SSSR count). The SMILES string of the molecule is CC(C)OCCN1CCC(N2C(=O)C3CCCN3C2=O)CC1. The predicted octanol–water partition coefficient (Wildman–Crippen LogP) is 1.30. The minimum Gasteiger partial charge on any atom is -0.377 e. The van der Waals surface area contributed by atoms with Crippen molar-refractivity contribution >= 4 is 11.9 Å². The molecule has 3 saturated heterocycles. The number of rotatable bonds is 5. The van der Waals surface area contributed by atoms with Crippen LogP contribution >= 0.6 is 0 Å². The molecule has 124 valence electrons. The van der Waals surface area contributed by atoms with Crippen molar-refractivity contribution in [3.8, 4) is 0 Å². The normalized spacial score (nSPS) is 27.3. The van der Waals surface area contributed by atoms with Crippen LogP contribution < -0.4 is 0 Å². The fraction of sp³-hybridized carbons (Fsp3) is 0.875. The Bertz CT molecular complexity index is 410. The molecular formula is C16H27N3O3. The molecule has 0 aromatic rings. The minimum atomic E-state index is -0.162. The van der Waals surface area contributed by atoms with E-state index in [9.17, 15) is 9.59 Å². The van der Waals surface area contributed by atoms with Crippen molar-refractivity contribution in [3.63, 3.8) is 0 Å². The zero-order valence-corrected chi connectivity index (χ0v) is 13.7. The van der Waals surface area contributed by atoms with E-state index in [0.717, 1.165) is 58.5 Å². The third kappa shape index (κ3) is 2.99. The Kier molecular flexibility index (Phi) is 4.68. The second-order valence-electron chi connectivity index (χ2n) is 6.83. The fourth-order valence-corrected chi connectivity index (χ4v) is 3.80. The Morgan fingerprint density at radius 1 is 1.14 bits per heavy atom. The van der Waals surface area contributed by atoms with Gasteiger partial charge in [0.15, 0.2) is 0 Å². The highest BCUT2D eigenvalue weighted by atomic mass is 16.5. The van der Waals surface area contributed by atoms with Gasteiger partial charge in [0.1, 0.15) is 6.04 Å². The van der Waals surface area contributed by atoms with Gasteiger partial charge in [0.2, 0.25) is 0 Å². The maximum absolute atomic E-state index is 12.5. The van der Waals surface area contributed by atoms with Crippen molar-refractivity contribution in [1.29, 1.82) is 0 Å². The summed E-state index contributed by atoms with van der Waals surface area (Å²) >= 11 is 0. The first kappa shape index (κ1) is 15.7. The molecule has 22 heavy (non-hydrogen) atoms. The largest absolute Gasteiger partial charge is 0.377 e. The molecule has 6 nitrogen and oxygen atoms in total. The zero-order valence-electron chi connectivity index (χ0n) is 13.7. The maximum atomic E-state index is 12.5. The summed E-state index contributed by atoms with van der Waals surface area (Å²) in [5.41, 5.74) is 0. The Morgan fingerprint density at radius 2 is 1.86 bits per heavy atom. The van der Waals surface area contributed by atoms with Crippen molar-refractivity contribution < 1.29 is 14.3 Å². The van der Waals surface area contributed by atoms with E-state index in [-0.39, 0.29) is 30.1 Å². The van der Waals surface area contributed by atoms with Gasteiger partial charge in [-0.05, 0) is 39.5 Å². The Hall–Kier alpha value is -1.14. The van der Waals surface area contributed by atoms with E-state index >= 15 is 0 Å². The van der Waals surface area contributed by atoms with Gasteiger partial charge in [-0.25, -0.2) is 4.79 Å². The van der Waals surface area contributed by atoms with Gasteiger partial charge in [-0.3, -0.25) is 9.69 Å². The van der Waals surface area contributed by atoms with Crippen LogP contribution in [0.2, 0.25) is 0 Å². The molecule has 3 amide bonds. The van der Waals surface area contributed by atoms with E-state index in [1.54, 1.807) is 9.80 Å². The number of carbonyl (C=O) groups excluding carboxylic acids is 2. The van der Waals surface area contributed by atoms with Gasteiger partial charge in [-0.2, -0.15) is 0 Å². The average Bonchev–Trinajstić information content (AvgIpc) is 3.05. The molecule has 0 N–H and O–H groups in total. The predicted molar refractivity (Wildman–Crippen MR) is 82.5 cm³/mol. The summed E-state index contributed by atoms with van der Waals surface area (Å²) in [6.45, 7) is 8.40. The van der Waals surface area contributed by atoms with E-state index in [0.29, 0.717) is 0 Å². The number of amides is 3. The first-order valence-electron chi connectivity index (χ1n) is 8.55. The Balaban J connectivity index is 1.49. The van der Waals surface area contributed by atoms with Gasteiger partial charge in [0.25, 0.3) is 5.91 Å². The second kappa shape index (κ2) is 6.54. The molecule has 0 saturated carbocycles. The standard InChI is InChI=1S/C16H27N3O3/c1-12(2)22-11-10-17-8-5-13(6-9-17)19-15(20)14-4-3-7-18(14)16(19)21/h12-14H,3-11H2,1-2H3. The van der Waals surface area contributed by atoms with Crippen LogP contribution in [0, 0.1) is 0 Å². The molecule has 3 aliphatic rings. The summed E-state index contributed by atoms with van der Waals surface area (Å²) in [6, 6.07) is -0.119. The molecule has 6 heteroatoms. The topological polar surface area (TPSA) is 53.1 Å². The van der Waals surface area contributed by atoms with Crippen molar-refractivity contribution in [2.75, 3.05) is 32.8 Å². The van der Waals surface area contributed by atoms with Crippen molar-refractivity contribution in [1.82, 2.24) is 14.7 Å². The number of fused-ring (bicyclic) bond motifs is 1. The molecule has 0 aromatic heterocycles. The van der Waals surface area contributed by atoms with Gasteiger partial charge in [0.05, 0.1) is 12.7 Å². The third-order valence-electron chi connectivity index (χ3n) is 5.01. The summed E-state index contributed by atoms with van der Waals surface area (Å²) < 4.78 is 5.59. The number of urea groups is 1. The molecule has 0 bridgehead atoms. The molecule has 3 aliphatic heterocycles. The van der Waals surface area contributed by atoms with Crippen LogP contribution in [-0.2, 0) is 9.53 Å². The quantitative estimate of drug-likeness (QED) is 0.718. The van der Waals surface area contributed by atoms with Gasteiger partial charge in [-0.1, -0.05) is 0 Å². The summed E-state index contributed by atoms with van der Waals surface area (Å²) in [4.78, 5) is 30.6. The van der Waals surface area contributed by atoms with Crippen LogP contribution in [0.4, 0.5) is 4.79 Å². The number of likely N-dealkylation sites (tertiary alicyclic amines) is 1. The highest BCUT2D eigenvalue weighted by molar-refractivity contribution is 6.04. The van der Waals surface area contributed by atoms with Crippen molar-refractivity contribution in [2.45, 2.75) is 57.7 Å². The smallest absolute Gasteiger partial charge is 0.327 e. The molecule has 1 unspecified atom stereocenters. The lowest BCUT2D eigenvalue weighted by Gasteiger charge is -2.35. The first-order chi connectivity index (χ1) is 10.6. The lowest BCUT2D eigenvalue weighted by Crippen LogP contribution is -2.48. The molecule has 3 fully saturated rings. The lowest BCUT2D eigenvalue weighted by molar-refractivity contribution is -0.130. The summed E-state index contributed by atoms with van der Waals surface area (Å²) in [5, 5.41) is 0. The number of piperidine rings is 1. The number of hydrogen-bond acceptors (Lipinski definition) is 4. The monoisotopic (exact) mass is 309 g/mol. The Morgan fingerprint density at radius 3 is 2.50 bits per heavy atom. The molecule has 3 heterocycles. The zero-order chi connectivity index (χ0) is 15.7. The van der Waals surface area contributed by atoms with Crippen molar-refractivity contribution in [2.24, 2.45) is 0 Å². The highest BCUT2D eigenvalue weighted by Crippen LogP contribution is 2.31. The van der Waals surface area contributed by atoms with Crippen LogP contribution in [-0.4, -0.2) is 77.6 Å². The fourth-order valence-electron chi connectivity index (χ4n) is 3.80. The lowest BCUT2D eigenvalue weighted by atomic mass is 10.0. The Labute approximate surface area is 132 Å². The van der Waals surface area contributed by atoms with Crippen LogP contribution in [0.25, 0.3) is 0 Å². The van der Waals surface area contributed by atoms with E-state index in [4.69, 9.17) is 4.74 Å². The third-order valence-corrected chi connectivity index (χ3v) is 5.01. The molecule has 0 aliphatic carbocycles. The van der Waals surface area contributed by atoms with E-state index in [1.165, 1.54) is 0 Å². The van der Waals surface area contributed by atoms with Gasteiger partial charge in [0, 0.05) is 32.2 Å². The van der Waals surface area contributed by atoms with Crippen LogP contribution in [0.5, 0.6) is 0 Å². The van der Waals surface area contributed by atoms with E-state index in [1.807, 2.05) is 13.8 Å². The summed E-state index contributed by atoms with van der Waals surface area (Å²) in [7, 11) is 0. The summed E-state index contributed by atoms with van der Waals surface area (Å²) in [6.07, 6.45) is 3.85. The minimum absolute atomic E-state index is 0.0455. The van der Waals surface area contributed by atoms with Gasteiger partial charge < -0.3 is 14.5 Å². The van der Waals surface area contributed by atoms with E-state index < -0.39 is 0 Å². The number of carbonyl (C=O) groups is 2. The molecule has 0 spiro atoms. The second-order valence-corrected chi connectivity index (χ2v) is 6.83.